The van der Waals surface area contributed by atoms with Gasteiger partial charge in [-0.3, -0.25) is 0 Å². The van der Waals surface area contributed by atoms with Gasteiger partial charge in [-0.25, -0.2) is 0 Å². The van der Waals surface area contributed by atoms with Gasteiger partial charge in [-0.1, -0.05) is 36.8 Å². The molecule has 0 saturated heterocycles. The predicted octanol–water partition coefficient (Wildman–Crippen LogP) is 4.28. The zero-order chi connectivity index (χ0) is 15.0. The van der Waals surface area contributed by atoms with Gasteiger partial charge in [0.1, 0.15) is 0 Å². The molecule has 1 atom stereocenters. The number of aryl methyl sites for hydroxylation is 1. The maximum absolute atomic E-state index is 5.66. The van der Waals surface area contributed by atoms with Crippen molar-refractivity contribution in [2.75, 3.05) is 19.8 Å². The Kier molecular flexibility index (Phi) is 7.25. The van der Waals surface area contributed by atoms with E-state index in [1.54, 1.807) is 0 Å². The van der Waals surface area contributed by atoms with Gasteiger partial charge in [0.05, 0.1) is 0 Å². The van der Waals surface area contributed by atoms with Crippen LogP contribution in [0.3, 0.4) is 0 Å². The molecule has 0 bridgehead atoms. The van der Waals surface area contributed by atoms with Crippen LogP contribution in [0.1, 0.15) is 57.6 Å². The first-order chi connectivity index (χ1) is 9.42. The molecule has 114 valence electrons. The van der Waals surface area contributed by atoms with Crippen molar-refractivity contribution in [1.82, 2.24) is 5.32 Å². The van der Waals surface area contributed by atoms with E-state index >= 15 is 0 Å². The summed E-state index contributed by atoms with van der Waals surface area (Å²) in [6.45, 7) is 13.6. The Labute approximate surface area is 124 Å². The molecule has 0 fully saturated rings. The van der Waals surface area contributed by atoms with Crippen molar-refractivity contribution in [2.24, 2.45) is 0 Å². The molecule has 20 heavy (non-hydrogen) atoms. The van der Waals surface area contributed by atoms with Crippen LogP contribution in [0, 0.1) is 6.92 Å². The lowest BCUT2D eigenvalue weighted by Gasteiger charge is -2.26. The standard InChI is InChI=1S/C18H31NO/c1-6-12-20-13-11-17(14-19-18(3,4)5)16-9-7-15(2)8-10-16/h7-10,17,19H,6,11-14H2,1-5H3. The molecule has 0 amide bonds. The first-order valence-corrected chi connectivity index (χ1v) is 7.81. The maximum Gasteiger partial charge on any atom is 0.0472 e. The molecule has 0 spiro atoms. The van der Waals surface area contributed by atoms with Crippen LogP contribution < -0.4 is 5.32 Å². The SMILES string of the molecule is CCCOCCC(CNC(C)(C)C)c1ccc(C)cc1. The van der Waals surface area contributed by atoms with E-state index in [4.69, 9.17) is 4.74 Å². The van der Waals surface area contributed by atoms with E-state index in [-0.39, 0.29) is 5.54 Å². The first kappa shape index (κ1) is 17.2. The van der Waals surface area contributed by atoms with Gasteiger partial charge in [0.25, 0.3) is 0 Å². The van der Waals surface area contributed by atoms with Crippen molar-refractivity contribution >= 4 is 0 Å². The van der Waals surface area contributed by atoms with Gasteiger partial charge < -0.3 is 10.1 Å². The Bertz CT molecular complexity index is 364. The zero-order valence-electron chi connectivity index (χ0n) is 13.8. The van der Waals surface area contributed by atoms with E-state index in [0.717, 1.165) is 32.6 Å². The molecule has 0 aliphatic rings. The topological polar surface area (TPSA) is 21.3 Å². The molecule has 2 nitrogen and oxygen atoms in total. The number of hydrogen-bond acceptors (Lipinski definition) is 2. The highest BCUT2D eigenvalue weighted by atomic mass is 16.5. The molecular weight excluding hydrogens is 246 g/mol. The van der Waals surface area contributed by atoms with E-state index in [2.05, 4.69) is 64.2 Å². The Morgan fingerprint density at radius 2 is 1.75 bits per heavy atom. The summed E-state index contributed by atoms with van der Waals surface area (Å²) >= 11 is 0. The van der Waals surface area contributed by atoms with Gasteiger partial charge >= 0.3 is 0 Å². The summed E-state index contributed by atoms with van der Waals surface area (Å²) in [5, 5.41) is 3.62. The minimum atomic E-state index is 0.160. The highest BCUT2D eigenvalue weighted by Crippen LogP contribution is 2.20. The van der Waals surface area contributed by atoms with Gasteiger partial charge in [0.15, 0.2) is 0 Å². The zero-order valence-corrected chi connectivity index (χ0v) is 13.8. The third-order valence-corrected chi connectivity index (χ3v) is 3.39. The van der Waals surface area contributed by atoms with E-state index < -0.39 is 0 Å². The molecule has 0 heterocycles. The molecule has 0 aliphatic carbocycles. The molecule has 0 aromatic heterocycles. The van der Waals surface area contributed by atoms with Crippen LogP contribution in [0.5, 0.6) is 0 Å². The summed E-state index contributed by atoms with van der Waals surface area (Å²) in [5.41, 5.74) is 2.89. The quantitative estimate of drug-likeness (QED) is 0.716. The van der Waals surface area contributed by atoms with E-state index in [1.165, 1.54) is 11.1 Å². The second-order valence-corrected chi connectivity index (χ2v) is 6.64. The van der Waals surface area contributed by atoms with Crippen molar-refractivity contribution in [3.63, 3.8) is 0 Å². The van der Waals surface area contributed by atoms with Crippen molar-refractivity contribution < 1.29 is 4.74 Å². The van der Waals surface area contributed by atoms with Gasteiger partial charge in [0, 0.05) is 25.3 Å². The highest BCUT2D eigenvalue weighted by Gasteiger charge is 2.15. The van der Waals surface area contributed by atoms with Crippen LogP contribution in [0.15, 0.2) is 24.3 Å². The molecule has 0 aliphatic heterocycles. The van der Waals surface area contributed by atoms with E-state index in [9.17, 15) is 0 Å². The Hall–Kier alpha value is -0.860. The average Bonchev–Trinajstić information content (AvgIpc) is 2.38. The predicted molar refractivity (Wildman–Crippen MR) is 87.4 cm³/mol. The van der Waals surface area contributed by atoms with Gasteiger partial charge in [0.2, 0.25) is 0 Å². The van der Waals surface area contributed by atoms with Crippen molar-refractivity contribution in [2.45, 2.75) is 58.9 Å². The van der Waals surface area contributed by atoms with E-state index in [1.807, 2.05) is 0 Å². The number of hydrogen-bond donors (Lipinski definition) is 1. The fourth-order valence-corrected chi connectivity index (χ4v) is 2.13. The Balaban J connectivity index is 2.60. The lowest BCUT2D eigenvalue weighted by molar-refractivity contribution is 0.126. The minimum absolute atomic E-state index is 0.160. The first-order valence-electron chi connectivity index (χ1n) is 7.81. The maximum atomic E-state index is 5.66. The molecule has 2 heteroatoms. The Morgan fingerprint density at radius 1 is 1.10 bits per heavy atom. The lowest BCUT2D eigenvalue weighted by atomic mass is 9.94. The second-order valence-electron chi connectivity index (χ2n) is 6.64. The monoisotopic (exact) mass is 277 g/mol. The summed E-state index contributed by atoms with van der Waals surface area (Å²) < 4.78 is 5.66. The van der Waals surface area contributed by atoms with Crippen LogP contribution in [-0.2, 0) is 4.74 Å². The molecular formula is C18H31NO. The summed E-state index contributed by atoms with van der Waals surface area (Å²) in [6, 6.07) is 8.91. The van der Waals surface area contributed by atoms with Gasteiger partial charge in [-0.05, 0) is 52.0 Å². The number of nitrogens with one attached hydrogen (secondary N) is 1. The van der Waals surface area contributed by atoms with Crippen molar-refractivity contribution in [1.29, 1.82) is 0 Å². The van der Waals surface area contributed by atoms with Gasteiger partial charge in [-0.15, -0.1) is 0 Å². The second kappa shape index (κ2) is 8.43. The molecule has 0 radical (unpaired) electrons. The molecule has 1 aromatic rings. The summed E-state index contributed by atoms with van der Waals surface area (Å²) in [4.78, 5) is 0. The van der Waals surface area contributed by atoms with Crippen LogP contribution in [-0.4, -0.2) is 25.3 Å². The van der Waals surface area contributed by atoms with Crippen molar-refractivity contribution in [3.05, 3.63) is 35.4 Å². The molecule has 1 unspecified atom stereocenters. The largest absolute Gasteiger partial charge is 0.381 e. The Morgan fingerprint density at radius 3 is 2.30 bits per heavy atom. The molecule has 1 aromatic carbocycles. The van der Waals surface area contributed by atoms with Crippen LogP contribution >= 0.6 is 0 Å². The van der Waals surface area contributed by atoms with Gasteiger partial charge in [-0.2, -0.15) is 0 Å². The number of benzene rings is 1. The van der Waals surface area contributed by atoms with Crippen LogP contribution in [0.2, 0.25) is 0 Å². The van der Waals surface area contributed by atoms with Crippen molar-refractivity contribution in [3.8, 4) is 0 Å². The summed E-state index contributed by atoms with van der Waals surface area (Å²) in [5.74, 6) is 0.520. The smallest absolute Gasteiger partial charge is 0.0472 e. The van der Waals surface area contributed by atoms with Crippen LogP contribution in [0.25, 0.3) is 0 Å². The average molecular weight is 277 g/mol. The highest BCUT2D eigenvalue weighted by molar-refractivity contribution is 5.24. The molecule has 1 N–H and O–H groups in total. The normalized spacial score (nSPS) is 13.4. The molecule has 0 saturated carbocycles. The number of rotatable bonds is 8. The fraction of sp³-hybridized carbons (Fsp3) is 0.667. The van der Waals surface area contributed by atoms with E-state index in [0.29, 0.717) is 5.92 Å². The fourth-order valence-electron chi connectivity index (χ4n) is 2.13. The van der Waals surface area contributed by atoms with Crippen LogP contribution in [0.4, 0.5) is 0 Å². The third-order valence-electron chi connectivity index (χ3n) is 3.39. The number of ether oxygens (including phenoxy) is 1. The lowest BCUT2D eigenvalue weighted by Crippen LogP contribution is -2.38. The minimum Gasteiger partial charge on any atom is -0.381 e. The molecule has 1 rings (SSSR count). The third kappa shape index (κ3) is 7.06. The summed E-state index contributed by atoms with van der Waals surface area (Å²) in [7, 11) is 0. The summed E-state index contributed by atoms with van der Waals surface area (Å²) in [6.07, 6.45) is 2.17.